The molecule has 8 nitrogen and oxygen atoms in total. The molecule has 37 heavy (non-hydrogen) atoms. The second-order valence-electron chi connectivity index (χ2n) is 10.2. The lowest BCUT2D eigenvalue weighted by Gasteiger charge is -2.32. The van der Waals surface area contributed by atoms with Gasteiger partial charge in [0.05, 0.1) is 17.7 Å². The first-order chi connectivity index (χ1) is 17.8. The van der Waals surface area contributed by atoms with Crippen LogP contribution in [-0.4, -0.2) is 80.1 Å². The summed E-state index contributed by atoms with van der Waals surface area (Å²) in [5.74, 6) is 0.362. The molecule has 0 radical (unpaired) electrons. The lowest BCUT2D eigenvalue weighted by atomic mass is 9.94. The average molecular weight is 508 g/mol. The van der Waals surface area contributed by atoms with E-state index in [4.69, 9.17) is 9.47 Å². The fraction of sp³-hybridized carbons (Fsp3) is 0.483. The topological polar surface area (TPSA) is 88.2 Å². The Balaban J connectivity index is 1.45. The van der Waals surface area contributed by atoms with E-state index in [9.17, 15) is 14.4 Å². The number of hydrogen-bond donors (Lipinski definition) is 1. The maximum atomic E-state index is 13.6. The molecule has 198 valence electrons. The zero-order valence-corrected chi connectivity index (χ0v) is 22.2. The molecule has 3 amide bonds. The van der Waals surface area contributed by atoms with Gasteiger partial charge >= 0.3 is 0 Å². The predicted octanol–water partition coefficient (Wildman–Crippen LogP) is 3.39. The molecule has 0 aliphatic carbocycles. The van der Waals surface area contributed by atoms with Gasteiger partial charge < -0.3 is 19.7 Å². The van der Waals surface area contributed by atoms with Gasteiger partial charge in [-0.2, -0.15) is 0 Å². The van der Waals surface area contributed by atoms with Gasteiger partial charge in [-0.3, -0.25) is 19.3 Å². The molecular weight excluding hydrogens is 470 g/mol. The van der Waals surface area contributed by atoms with E-state index >= 15 is 0 Å². The summed E-state index contributed by atoms with van der Waals surface area (Å²) >= 11 is 0. The molecule has 0 saturated carbocycles. The molecule has 2 aromatic rings. The Bertz CT molecular complexity index is 1110. The van der Waals surface area contributed by atoms with E-state index in [0.29, 0.717) is 55.3 Å². The Hall–Kier alpha value is -3.23. The number of carbonyl (C=O) groups is 3. The Labute approximate surface area is 218 Å². The van der Waals surface area contributed by atoms with Gasteiger partial charge in [-0.05, 0) is 62.4 Å². The first kappa shape index (κ1) is 26.8. The van der Waals surface area contributed by atoms with E-state index in [2.05, 4.69) is 5.32 Å². The minimum absolute atomic E-state index is 0.0135. The molecule has 4 rings (SSSR count). The van der Waals surface area contributed by atoms with Gasteiger partial charge in [-0.15, -0.1) is 0 Å². The van der Waals surface area contributed by atoms with Crippen molar-refractivity contribution in [2.75, 3.05) is 46.5 Å². The molecule has 2 heterocycles. The number of nitrogens with zero attached hydrogens (tertiary/aromatic N) is 2. The van der Waals surface area contributed by atoms with E-state index < -0.39 is 0 Å². The Morgan fingerprint density at radius 2 is 1.73 bits per heavy atom. The largest absolute Gasteiger partial charge is 0.493 e. The van der Waals surface area contributed by atoms with Gasteiger partial charge in [0.1, 0.15) is 5.75 Å². The predicted molar refractivity (Wildman–Crippen MR) is 141 cm³/mol. The smallest absolute Gasteiger partial charge is 0.261 e. The van der Waals surface area contributed by atoms with Crippen molar-refractivity contribution in [3.8, 4) is 5.75 Å². The number of benzene rings is 2. The number of rotatable bonds is 11. The summed E-state index contributed by atoms with van der Waals surface area (Å²) in [5, 5.41) is 3.40. The summed E-state index contributed by atoms with van der Waals surface area (Å²) in [6.07, 6.45) is 0.773. The van der Waals surface area contributed by atoms with Crippen LogP contribution >= 0.6 is 0 Å². The average Bonchev–Trinajstić information content (AvgIpc) is 3.43. The van der Waals surface area contributed by atoms with Gasteiger partial charge in [0.2, 0.25) is 0 Å². The Kier molecular flexibility index (Phi) is 8.61. The zero-order chi connectivity index (χ0) is 26.5. The van der Waals surface area contributed by atoms with Crippen LogP contribution in [0.25, 0.3) is 0 Å². The molecule has 2 aliphatic rings. The number of fused-ring (bicyclic) bond motifs is 1. The third kappa shape index (κ3) is 5.86. The van der Waals surface area contributed by atoms with Crippen molar-refractivity contribution in [1.82, 2.24) is 15.1 Å². The van der Waals surface area contributed by atoms with Gasteiger partial charge in [-0.25, -0.2) is 0 Å². The standard InChI is InChI=1S/C29H37N3O5/c1-19(2)31(27(33)21-11-10-20(3)26(14-21)37-13-7-12-36-4)17-22-15-30-16-23(22)18-32-28(34)24-8-5-6-9-25(24)29(32)35/h5-6,8-11,14,19,22-23,30H,7,12-13,15-18H2,1-4H3/t22-,23-/m0/s1. The monoisotopic (exact) mass is 507 g/mol. The molecule has 0 aromatic heterocycles. The molecule has 0 unspecified atom stereocenters. The quantitative estimate of drug-likeness (QED) is 0.371. The third-order valence-corrected chi connectivity index (χ3v) is 7.28. The van der Waals surface area contributed by atoms with Gasteiger partial charge in [0.25, 0.3) is 17.7 Å². The number of nitrogens with one attached hydrogen (secondary N) is 1. The fourth-order valence-corrected chi connectivity index (χ4v) is 5.07. The van der Waals surface area contributed by atoms with Crippen LogP contribution in [0.4, 0.5) is 0 Å². The van der Waals surface area contributed by atoms with Crippen LogP contribution in [-0.2, 0) is 4.74 Å². The van der Waals surface area contributed by atoms with Crippen LogP contribution in [0.3, 0.4) is 0 Å². The highest BCUT2D eigenvalue weighted by Crippen LogP contribution is 2.28. The summed E-state index contributed by atoms with van der Waals surface area (Å²) in [6.45, 7) is 9.43. The van der Waals surface area contributed by atoms with Crippen molar-refractivity contribution in [2.24, 2.45) is 11.8 Å². The second kappa shape index (κ2) is 11.9. The highest BCUT2D eigenvalue weighted by Gasteiger charge is 2.40. The van der Waals surface area contributed by atoms with Crippen LogP contribution in [0.1, 0.15) is 56.9 Å². The lowest BCUT2D eigenvalue weighted by molar-refractivity contribution is 0.0574. The lowest BCUT2D eigenvalue weighted by Crippen LogP contribution is -2.44. The summed E-state index contributed by atoms with van der Waals surface area (Å²) in [5.41, 5.74) is 2.50. The molecule has 2 aliphatic heterocycles. The molecule has 2 aromatic carbocycles. The van der Waals surface area contributed by atoms with Gasteiger partial charge in [0, 0.05) is 57.9 Å². The van der Waals surface area contributed by atoms with E-state index in [-0.39, 0.29) is 35.6 Å². The molecule has 1 N–H and O–H groups in total. The molecule has 0 bridgehead atoms. The molecule has 0 spiro atoms. The minimum Gasteiger partial charge on any atom is -0.493 e. The van der Waals surface area contributed by atoms with Crippen molar-refractivity contribution >= 4 is 17.7 Å². The van der Waals surface area contributed by atoms with Crippen LogP contribution in [0, 0.1) is 18.8 Å². The van der Waals surface area contributed by atoms with Crippen molar-refractivity contribution in [3.05, 3.63) is 64.7 Å². The highest BCUT2D eigenvalue weighted by molar-refractivity contribution is 6.21. The molecule has 8 heteroatoms. The normalized spacial score (nSPS) is 19.0. The molecule has 1 saturated heterocycles. The van der Waals surface area contributed by atoms with Gasteiger partial charge in [0.15, 0.2) is 0 Å². The molecule has 1 fully saturated rings. The number of amides is 3. The molecule has 2 atom stereocenters. The van der Waals surface area contributed by atoms with Crippen molar-refractivity contribution in [2.45, 2.75) is 33.2 Å². The highest BCUT2D eigenvalue weighted by atomic mass is 16.5. The summed E-state index contributed by atoms with van der Waals surface area (Å²) < 4.78 is 11.0. The number of ether oxygens (including phenoxy) is 2. The number of carbonyl (C=O) groups excluding carboxylic acids is 3. The summed E-state index contributed by atoms with van der Waals surface area (Å²) in [7, 11) is 1.66. The number of hydrogen-bond acceptors (Lipinski definition) is 6. The number of imide groups is 1. The molecular formula is C29H37N3O5. The van der Waals surface area contributed by atoms with Gasteiger partial charge in [-0.1, -0.05) is 18.2 Å². The fourth-order valence-electron chi connectivity index (χ4n) is 5.07. The summed E-state index contributed by atoms with van der Waals surface area (Å²) in [6, 6.07) is 12.5. The van der Waals surface area contributed by atoms with E-state index in [1.165, 1.54) is 4.90 Å². The first-order valence-corrected chi connectivity index (χ1v) is 13.0. The van der Waals surface area contributed by atoms with Crippen LogP contribution in [0.5, 0.6) is 5.75 Å². The van der Waals surface area contributed by atoms with E-state index in [0.717, 1.165) is 18.5 Å². The van der Waals surface area contributed by atoms with Crippen LogP contribution in [0.15, 0.2) is 42.5 Å². The minimum atomic E-state index is -0.235. The zero-order valence-electron chi connectivity index (χ0n) is 22.2. The van der Waals surface area contributed by atoms with Crippen LogP contribution in [0.2, 0.25) is 0 Å². The van der Waals surface area contributed by atoms with E-state index in [1.807, 2.05) is 43.9 Å². The second-order valence-corrected chi connectivity index (χ2v) is 10.2. The van der Waals surface area contributed by atoms with Crippen molar-refractivity contribution < 1.29 is 23.9 Å². The van der Waals surface area contributed by atoms with Crippen molar-refractivity contribution in [3.63, 3.8) is 0 Å². The Morgan fingerprint density at radius 3 is 2.38 bits per heavy atom. The van der Waals surface area contributed by atoms with E-state index in [1.54, 1.807) is 31.4 Å². The van der Waals surface area contributed by atoms with Crippen LogP contribution < -0.4 is 10.1 Å². The SMILES string of the molecule is COCCCOc1cc(C(=O)N(C[C@@H]2CNC[C@H]2CN2C(=O)c3ccccc3C2=O)C(C)C)ccc1C. The van der Waals surface area contributed by atoms with Crippen molar-refractivity contribution in [1.29, 1.82) is 0 Å². The number of methoxy groups -OCH3 is 1. The first-order valence-electron chi connectivity index (χ1n) is 13.0. The summed E-state index contributed by atoms with van der Waals surface area (Å²) in [4.78, 5) is 42.7. The number of aryl methyl sites for hydroxylation is 1. The third-order valence-electron chi connectivity index (χ3n) is 7.28. The maximum Gasteiger partial charge on any atom is 0.261 e. The Morgan fingerprint density at radius 1 is 1.05 bits per heavy atom. The maximum absolute atomic E-state index is 13.6.